The Kier molecular flexibility index (Phi) is 6.95. The molecule has 1 aromatic heterocycles. The number of cyclic esters (lactones) is 1. The molecule has 1 N–H and O–H groups in total. The monoisotopic (exact) mass is 424 g/mol. The third kappa shape index (κ3) is 4.87. The Labute approximate surface area is 182 Å². The first-order valence-electron chi connectivity index (χ1n) is 10.2. The van der Waals surface area contributed by atoms with Gasteiger partial charge in [-0.05, 0) is 50.8 Å². The number of aromatic nitrogens is 1. The molecule has 0 unspecified atom stereocenters. The number of allylic oxidation sites excluding steroid dienone is 2. The summed E-state index contributed by atoms with van der Waals surface area (Å²) in [5, 5.41) is 2.81. The predicted octanol–water partition coefficient (Wildman–Crippen LogP) is 4.29. The minimum Gasteiger partial charge on any atom is -0.496 e. The van der Waals surface area contributed by atoms with Crippen LogP contribution in [0.2, 0.25) is 0 Å². The largest absolute Gasteiger partial charge is 0.496 e. The van der Waals surface area contributed by atoms with Crippen LogP contribution in [0.4, 0.5) is 5.82 Å². The Morgan fingerprint density at radius 3 is 2.58 bits per heavy atom. The number of hydrogen-bond donors (Lipinski definition) is 1. The first kappa shape index (κ1) is 22.3. The number of rotatable bonds is 8. The molecule has 31 heavy (non-hydrogen) atoms. The van der Waals surface area contributed by atoms with Crippen molar-refractivity contribution in [2.75, 3.05) is 19.5 Å². The SMILES string of the molecule is COc1c(C)c2c(c(OC)c1C/C=C(\C)CCC(=O)Nc1ccc(C)cn1)C(=O)OC2. The van der Waals surface area contributed by atoms with Crippen molar-refractivity contribution in [3.05, 3.63) is 57.8 Å². The van der Waals surface area contributed by atoms with Gasteiger partial charge in [-0.3, -0.25) is 4.79 Å². The van der Waals surface area contributed by atoms with Gasteiger partial charge in [0.05, 0.1) is 14.2 Å². The van der Waals surface area contributed by atoms with Gasteiger partial charge in [-0.2, -0.15) is 0 Å². The van der Waals surface area contributed by atoms with Crippen LogP contribution in [0, 0.1) is 13.8 Å². The Morgan fingerprint density at radius 1 is 1.19 bits per heavy atom. The number of aryl methyl sites for hydroxylation is 1. The molecule has 1 aliphatic heterocycles. The van der Waals surface area contributed by atoms with Gasteiger partial charge in [0.25, 0.3) is 0 Å². The summed E-state index contributed by atoms with van der Waals surface area (Å²) < 4.78 is 16.4. The highest BCUT2D eigenvalue weighted by atomic mass is 16.5. The summed E-state index contributed by atoms with van der Waals surface area (Å²) in [5.74, 6) is 1.27. The zero-order chi connectivity index (χ0) is 22.5. The van der Waals surface area contributed by atoms with Gasteiger partial charge in [0.15, 0.2) is 0 Å². The van der Waals surface area contributed by atoms with E-state index >= 15 is 0 Å². The minimum absolute atomic E-state index is 0.0876. The first-order valence-corrected chi connectivity index (χ1v) is 10.2. The lowest BCUT2D eigenvalue weighted by atomic mass is 9.94. The van der Waals surface area contributed by atoms with E-state index in [9.17, 15) is 9.59 Å². The summed E-state index contributed by atoms with van der Waals surface area (Å²) in [6.45, 7) is 6.07. The van der Waals surface area contributed by atoms with Gasteiger partial charge in [0.2, 0.25) is 5.91 Å². The van der Waals surface area contributed by atoms with Gasteiger partial charge in [0.1, 0.15) is 29.5 Å². The second kappa shape index (κ2) is 9.64. The number of pyridine rings is 1. The maximum Gasteiger partial charge on any atom is 0.342 e. The molecular formula is C24H28N2O5. The molecule has 2 aromatic rings. The molecule has 7 nitrogen and oxygen atoms in total. The summed E-state index contributed by atoms with van der Waals surface area (Å²) in [4.78, 5) is 28.6. The summed E-state index contributed by atoms with van der Waals surface area (Å²) in [7, 11) is 3.15. The van der Waals surface area contributed by atoms with E-state index < -0.39 is 0 Å². The number of ether oxygens (including phenoxy) is 3. The van der Waals surface area contributed by atoms with Crippen LogP contribution in [0.15, 0.2) is 30.0 Å². The Hall–Kier alpha value is -3.35. The van der Waals surface area contributed by atoms with Gasteiger partial charge >= 0.3 is 5.97 Å². The molecule has 0 aliphatic carbocycles. The Morgan fingerprint density at radius 2 is 1.94 bits per heavy atom. The highest BCUT2D eigenvalue weighted by molar-refractivity contribution is 5.98. The number of nitrogens with zero attached hydrogens (tertiary/aromatic N) is 1. The molecule has 1 aromatic carbocycles. The van der Waals surface area contributed by atoms with Crippen molar-refractivity contribution >= 4 is 17.7 Å². The van der Waals surface area contributed by atoms with E-state index in [1.807, 2.05) is 32.9 Å². The van der Waals surface area contributed by atoms with E-state index in [0.717, 1.165) is 27.8 Å². The quantitative estimate of drug-likeness (QED) is 0.502. The number of hydrogen-bond acceptors (Lipinski definition) is 6. The number of carbonyl (C=O) groups excluding carboxylic acids is 2. The van der Waals surface area contributed by atoms with Crippen LogP contribution in [0.3, 0.4) is 0 Å². The van der Waals surface area contributed by atoms with Crippen LogP contribution in [-0.4, -0.2) is 31.1 Å². The summed E-state index contributed by atoms with van der Waals surface area (Å²) >= 11 is 0. The second-order valence-corrected chi connectivity index (χ2v) is 7.62. The fraction of sp³-hybridized carbons (Fsp3) is 0.375. The highest BCUT2D eigenvalue weighted by Gasteiger charge is 2.32. The molecular weight excluding hydrogens is 396 g/mol. The molecule has 2 heterocycles. The lowest BCUT2D eigenvalue weighted by molar-refractivity contribution is -0.116. The molecule has 1 amide bonds. The van der Waals surface area contributed by atoms with E-state index in [1.165, 1.54) is 0 Å². The lowest BCUT2D eigenvalue weighted by Gasteiger charge is -2.18. The number of anilines is 1. The van der Waals surface area contributed by atoms with Crippen molar-refractivity contribution in [2.24, 2.45) is 0 Å². The van der Waals surface area contributed by atoms with E-state index in [-0.39, 0.29) is 18.5 Å². The first-order chi connectivity index (χ1) is 14.8. The van der Waals surface area contributed by atoms with Gasteiger partial charge < -0.3 is 19.5 Å². The number of methoxy groups -OCH3 is 2. The lowest BCUT2D eigenvalue weighted by Crippen LogP contribution is -2.12. The number of nitrogens with one attached hydrogen (secondary N) is 1. The summed E-state index contributed by atoms with van der Waals surface area (Å²) in [5.41, 5.74) is 5.06. The zero-order valence-corrected chi connectivity index (χ0v) is 18.6. The third-order valence-electron chi connectivity index (χ3n) is 5.41. The van der Waals surface area contributed by atoms with Crippen molar-refractivity contribution in [3.63, 3.8) is 0 Å². The maximum atomic E-state index is 12.2. The molecule has 0 saturated carbocycles. The number of benzene rings is 1. The second-order valence-electron chi connectivity index (χ2n) is 7.62. The molecule has 0 bridgehead atoms. The molecule has 0 radical (unpaired) electrons. The van der Waals surface area contributed by atoms with Crippen LogP contribution >= 0.6 is 0 Å². The van der Waals surface area contributed by atoms with Crippen LogP contribution in [0.1, 0.15) is 52.4 Å². The van der Waals surface area contributed by atoms with Crippen molar-refractivity contribution in [2.45, 2.75) is 46.6 Å². The number of fused-ring (bicyclic) bond motifs is 1. The van der Waals surface area contributed by atoms with Crippen molar-refractivity contribution in [1.29, 1.82) is 0 Å². The maximum absolute atomic E-state index is 12.2. The Bertz CT molecular complexity index is 1030. The average Bonchev–Trinajstić information content (AvgIpc) is 3.14. The number of esters is 1. The van der Waals surface area contributed by atoms with E-state index in [4.69, 9.17) is 14.2 Å². The van der Waals surface area contributed by atoms with E-state index in [2.05, 4.69) is 10.3 Å². The van der Waals surface area contributed by atoms with Gasteiger partial charge in [-0.15, -0.1) is 0 Å². The number of amides is 1. The molecule has 0 saturated heterocycles. The minimum atomic E-state index is -0.374. The van der Waals surface area contributed by atoms with Crippen molar-refractivity contribution in [3.8, 4) is 11.5 Å². The topological polar surface area (TPSA) is 86.8 Å². The average molecular weight is 424 g/mol. The van der Waals surface area contributed by atoms with Crippen molar-refractivity contribution in [1.82, 2.24) is 4.98 Å². The smallest absolute Gasteiger partial charge is 0.342 e. The van der Waals surface area contributed by atoms with E-state index in [1.54, 1.807) is 26.5 Å². The Balaban J connectivity index is 1.71. The molecule has 3 rings (SSSR count). The predicted molar refractivity (Wildman–Crippen MR) is 118 cm³/mol. The van der Waals surface area contributed by atoms with Gasteiger partial charge in [-0.1, -0.05) is 17.7 Å². The highest BCUT2D eigenvalue weighted by Crippen LogP contribution is 2.42. The number of carbonyl (C=O) groups is 2. The van der Waals surface area contributed by atoms with Gasteiger partial charge in [0, 0.05) is 23.7 Å². The standard InChI is InChI=1S/C24H28N2O5/c1-14(8-11-20(27)26-19-10-7-15(2)12-25-19)6-9-17-22(29-4)16(3)18-13-31-24(28)21(18)23(17)30-5/h6-7,10,12H,8-9,11,13H2,1-5H3,(H,25,26,27)/b14-6+. The van der Waals surface area contributed by atoms with Crippen LogP contribution < -0.4 is 14.8 Å². The molecule has 0 fully saturated rings. The molecule has 0 atom stereocenters. The molecule has 0 spiro atoms. The molecule has 1 aliphatic rings. The fourth-order valence-corrected chi connectivity index (χ4v) is 3.67. The fourth-order valence-electron chi connectivity index (χ4n) is 3.67. The zero-order valence-electron chi connectivity index (χ0n) is 18.6. The normalized spacial score (nSPS) is 12.9. The summed E-state index contributed by atoms with van der Waals surface area (Å²) in [6.07, 6.45) is 5.22. The third-order valence-corrected chi connectivity index (χ3v) is 5.41. The van der Waals surface area contributed by atoms with Crippen molar-refractivity contribution < 1.29 is 23.8 Å². The van der Waals surface area contributed by atoms with Crippen LogP contribution in [-0.2, 0) is 22.6 Å². The van der Waals surface area contributed by atoms with Crippen LogP contribution in [0.5, 0.6) is 11.5 Å². The van der Waals surface area contributed by atoms with Gasteiger partial charge in [-0.25, -0.2) is 9.78 Å². The van der Waals surface area contributed by atoms with E-state index in [0.29, 0.717) is 42.1 Å². The molecule has 7 heteroatoms. The summed E-state index contributed by atoms with van der Waals surface area (Å²) in [6, 6.07) is 3.69. The molecule has 164 valence electrons. The van der Waals surface area contributed by atoms with Crippen LogP contribution in [0.25, 0.3) is 0 Å².